The Balaban J connectivity index is 0.000000105. The normalized spacial score (nSPS) is 18.5. The predicted octanol–water partition coefficient (Wildman–Crippen LogP) is 12.8. The SMILES string of the molecule is CC1(C)CCC(=S)c2cc3cnc(Nc4ccc(N5CCNCC5)cn4)nc3n21.CC1=NCC(C)(C)n2c1cc1cnc(Nc3ccc(N4CCNCC4)cn3)nc12.CC1=NCC(C)(C)n2c1cc1cnc(Nc3ccc(N4CCNCC4)cn3)nc12.CN1Cc2cc3cnc(Nc4ccc(N5CCNCC5)cn4)nc3n2C(C)(C)C1.c1cc(Nc2ncc3cc4n(c3n2)CCCC4)ncc1N1CCNCC1. The van der Waals surface area contributed by atoms with Crippen LogP contribution in [0.4, 0.5) is 87.3 Å². The van der Waals surface area contributed by atoms with Crippen LogP contribution in [-0.4, -0.2) is 276 Å². The van der Waals surface area contributed by atoms with Gasteiger partial charge in [-0.15, -0.1) is 0 Å². The Hall–Kier alpha value is -14.0. The number of aryl methyl sites for hydroxylation is 2. The van der Waals surface area contributed by atoms with Gasteiger partial charge in [-0.2, -0.15) is 24.9 Å². The first-order valence-electron chi connectivity index (χ1n) is 50.0. The van der Waals surface area contributed by atoms with Gasteiger partial charge in [0.25, 0.3) is 0 Å². The van der Waals surface area contributed by atoms with E-state index in [0.29, 0.717) is 29.7 Å². The Morgan fingerprint density at radius 3 is 0.951 bits per heavy atom. The number of aliphatic imine (C=N–C) groups is 2. The van der Waals surface area contributed by atoms with Crippen molar-refractivity contribution in [1.82, 2.24) is 129 Å². The number of nitrogens with zero attached hydrogens (tertiary/aromatic N) is 28. The van der Waals surface area contributed by atoms with E-state index in [1.54, 1.807) is 0 Å². The molecule has 39 heteroatoms. The fourth-order valence-electron chi connectivity index (χ4n) is 20.9. The minimum atomic E-state index is -0.120. The molecule has 5 saturated heterocycles. The molecular weight excluding hydrogens is 1800 g/mol. The largest absolute Gasteiger partial charge is 0.368 e. The maximum Gasteiger partial charge on any atom is 0.230 e. The van der Waals surface area contributed by atoms with Gasteiger partial charge in [0.2, 0.25) is 29.7 Å². The van der Waals surface area contributed by atoms with Crippen molar-refractivity contribution < 1.29 is 0 Å². The van der Waals surface area contributed by atoms with Crippen molar-refractivity contribution in [3.63, 3.8) is 0 Å². The highest BCUT2D eigenvalue weighted by Crippen LogP contribution is 2.40. The van der Waals surface area contributed by atoms with Gasteiger partial charge in [-0.1, -0.05) is 12.2 Å². The first-order valence-corrected chi connectivity index (χ1v) is 50.4. The fourth-order valence-corrected chi connectivity index (χ4v) is 21.1. The Morgan fingerprint density at radius 2 is 0.613 bits per heavy atom. The van der Waals surface area contributed by atoms with Gasteiger partial charge in [0.05, 0.1) is 118 Å². The highest BCUT2D eigenvalue weighted by atomic mass is 32.1. The predicted molar refractivity (Wildman–Crippen MR) is 572 cm³/mol. The van der Waals surface area contributed by atoms with Crippen LogP contribution in [0.3, 0.4) is 0 Å². The van der Waals surface area contributed by atoms with E-state index in [9.17, 15) is 0 Å². The summed E-state index contributed by atoms with van der Waals surface area (Å²) in [5, 5.41) is 38.4. The van der Waals surface area contributed by atoms with Crippen molar-refractivity contribution in [3.05, 3.63) is 181 Å². The highest BCUT2D eigenvalue weighted by Gasteiger charge is 2.37. The zero-order chi connectivity index (χ0) is 97.4. The Labute approximate surface area is 831 Å². The Bertz CT molecular complexity index is 6780. The van der Waals surface area contributed by atoms with Crippen LogP contribution in [0.25, 0.3) is 55.2 Å². The number of hydrogen-bond donors (Lipinski definition) is 10. The van der Waals surface area contributed by atoms with Gasteiger partial charge in [-0.25, -0.2) is 49.8 Å². The lowest BCUT2D eigenvalue weighted by atomic mass is 9.92. The maximum absolute atomic E-state index is 5.61. The average Bonchev–Trinajstić information content (AvgIpc) is 1.60. The molecule has 0 amide bonds. The summed E-state index contributed by atoms with van der Waals surface area (Å²) in [7, 11) is 2.16. The van der Waals surface area contributed by atoms with Gasteiger partial charge < -0.3 is 101 Å². The van der Waals surface area contributed by atoms with Crippen molar-refractivity contribution >= 4 is 171 Å². The van der Waals surface area contributed by atoms with E-state index < -0.39 is 0 Å². The summed E-state index contributed by atoms with van der Waals surface area (Å²) in [6.07, 6.45) is 24.6. The average molecular weight is 1930 g/mol. The molecule has 142 heavy (non-hydrogen) atoms. The Kier molecular flexibility index (Phi) is 26.7. The molecule has 10 N–H and O–H groups in total. The van der Waals surface area contributed by atoms with Crippen LogP contribution in [0.15, 0.2) is 163 Å². The highest BCUT2D eigenvalue weighted by molar-refractivity contribution is 7.80. The molecule has 0 aliphatic carbocycles. The zero-order valence-corrected chi connectivity index (χ0v) is 83.9. The van der Waals surface area contributed by atoms with Crippen LogP contribution in [0.5, 0.6) is 0 Å². The molecule has 38 nitrogen and oxygen atoms in total. The molecule has 25 rings (SSSR count). The van der Waals surface area contributed by atoms with Gasteiger partial charge in [0, 0.05) is 230 Å². The van der Waals surface area contributed by atoms with E-state index in [0.717, 1.165) is 329 Å². The molecule has 25 heterocycles. The molecule has 0 bridgehead atoms. The number of rotatable bonds is 15. The van der Waals surface area contributed by atoms with Crippen LogP contribution >= 0.6 is 12.2 Å². The van der Waals surface area contributed by atoms with Crippen LogP contribution < -0.4 is 77.7 Å². The minimum absolute atomic E-state index is 0.0150. The number of fused-ring (bicyclic) bond motifs is 15. The summed E-state index contributed by atoms with van der Waals surface area (Å²) < 4.78 is 11.5. The van der Waals surface area contributed by atoms with Crippen molar-refractivity contribution in [2.24, 2.45) is 9.98 Å². The summed E-state index contributed by atoms with van der Waals surface area (Å²) in [6.45, 7) is 46.6. The lowest BCUT2D eigenvalue weighted by Gasteiger charge is -2.39. The number of aromatic nitrogens is 20. The zero-order valence-electron chi connectivity index (χ0n) is 83.1. The van der Waals surface area contributed by atoms with E-state index in [1.165, 1.54) is 24.2 Å². The summed E-state index contributed by atoms with van der Waals surface area (Å²) in [5.41, 5.74) is 18.3. The third kappa shape index (κ3) is 20.4. The molecule has 0 unspecified atom stereocenters. The summed E-state index contributed by atoms with van der Waals surface area (Å²) in [5.74, 6) is 6.59. The number of thiocarbonyl (C=S) groups is 1. The third-order valence-electron chi connectivity index (χ3n) is 28.3. The van der Waals surface area contributed by atoms with Gasteiger partial charge in [-0.3, -0.25) is 14.9 Å². The third-order valence-corrected chi connectivity index (χ3v) is 28.7. The Morgan fingerprint density at radius 1 is 0.310 bits per heavy atom. The van der Waals surface area contributed by atoms with Gasteiger partial charge in [0.1, 0.15) is 57.3 Å². The monoisotopic (exact) mass is 1930 g/mol. The standard InChI is InChI=1S/C21H28N8.2C21H26N8.C21H25N7S.C19H23N7/c1-21(2)14-27(3)13-17-10-15-11-24-20(26-19(15)29(17)21)25-18-5-4-16(12-23-18)28-8-6-22-7-9-28;2*1-14-17-10-15-11-24-20(27-19(15)29(17)21(2,3)13-25-14)26-18-5-4-16(12-23-18)28-8-6-22-7-9-28;1-21(2)6-5-17(29)16-11-14-12-24-20(26-19(14)28(16)21)25-18-4-3-15(13-23-18)27-9-7-22-8-10-27;1-2-8-26-15(3-1)11-14-12-22-19(24-18(14)26)23-17-5-4-16(13-21-17)25-9-6-20-7-10-25/h4-5,10-12,22H,6-9,13-14H2,1-3H3,(H,23,24,25,26);2*4-5,10-12,22H,6-9,13H2,1-3H3,(H,23,24,26,27);3-4,11-13,22H,5-10H2,1-2H3,(H,23,24,25,26);4-5,11-13,20H,1-3,6-10H2,(H,21,22,23,24). The van der Waals surface area contributed by atoms with E-state index in [2.05, 4.69) is 302 Å². The molecule has 5 fully saturated rings. The molecule has 0 atom stereocenters. The number of likely N-dealkylation sites (N-methyl/N-ethyl adjacent to an activating group) is 1. The molecule has 0 aromatic carbocycles. The fraction of sp³-hybridized carbons (Fsp3) is 0.437. The lowest BCUT2D eigenvalue weighted by molar-refractivity contribution is 0.165. The topological polar surface area (TPSA) is 382 Å². The second-order valence-corrected chi connectivity index (χ2v) is 41.1. The minimum Gasteiger partial charge on any atom is -0.368 e. The van der Waals surface area contributed by atoms with Gasteiger partial charge >= 0.3 is 0 Å². The maximum atomic E-state index is 5.61. The van der Waals surface area contributed by atoms with Crippen molar-refractivity contribution in [2.45, 2.75) is 137 Å². The summed E-state index contributed by atoms with van der Waals surface area (Å²) >= 11 is 5.61. The number of hydrogen-bond acceptors (Lipinski definition) is 34. The number of piperazine rings is 5. The van der Waals surface area contributed by atoms with E-state index in [4.69, 9.17) is 37.1 Å². The van der Waals surface area contributed by atoms with Crippen molar-refractivity contribution in [1.29, 1.82) is 0 Å². The second-order valence-electron chi connectivity index (χ2n) is 40.6. The molecule has 10 aliphatic heterocycles. The molecule has 0 spiro atoms. The van der Waals surface area contributed by atoms with Gasteiger partial charge in [-0.05, 0) is 199 Å². The molecule has 15 aromatic heterocycles. The van der Waals surface area contributed by atoms with Crippen LogP contribution in [0.2, 0.25) is 0 Å². The molecule has 15 aromatic rings. The summed E-state index contributed by atoms with van der Waals surface area (Å²) in [4.78, 5) is 93.7. The molecule has 0 saturated carbocycles. The molecule has 10 aliphatic rings. The lowest BCUT2D eigenvalue weighted by Crippen LogP contribution is -2.44. The number of nitrogens with one attached hydrogen (secondary N) is 10. The van der Waals surface area contributed by atoms with Gasteiger partial charge in [0.15, 0.2) is 0 Å². The van der Waals surface area contributed by atoms with Crippen molar-refractivity contribution in [3.8, 4) is 0 Å². The first kappa shape index (κ1) is 94.3. The van der Waals surface area contributed by atoms with Crippen molar-refractivity contribution in [2.75, 3.05) is 209 Å². The van der Waals surface area contributed by atoms with E-state index in [1.807, 2.05) is 92.3 Å². The number of pyridine rings is 5. The van der Waals surface area contributed by atoms with E-state index >= 15 is 0 Å². The molecule has 736 valence electrons. The number of anilines is 15. The van der Waals surface area contributed by atoms with Crippen LogP contribution in [0, 0.1) is 0 Å². The second kappa shape index (κ2) is 40.2. The molecular formula is C103H128N38S. The van der Waals surface area contributed by atoms with Crippen LogP contribution in [0.1, 0.15) is 123 Å². The quantitative estimate of drug-likeness (QED) is 0.0426. The smallest absolute Gasteiger partial charge is 0.230 e. The summed E-state index contributed by atoms with van der Waals surface area (Å²) in [6, 6.07) is 31.3. The van der Waals surface area contributed by atoms with Crippen LogP contribution in [-0.2, 0) is 41.7 Å². The van der Waals surface area contributed by atoms with E-state index in [-0.39, 0.29) is 22.2 Å². The first-order chi connectivity index (χ1) is 68.9. The molecule has 0 radical (unpaired) electrons.